The number of carbonyl (C=O) groups is 2. The molecule has 216 valence electrons. The van der Waals surface area contributed by atoms with Gasteiger partial charge in [-0.05, 0) is 72.6 Å². The summed E-state index contributed by atoms with van der Waals surface area (Å²) in [6.45, 7) is 1.91. The number of nitrogens with zero attached hydrogens (tertiary/aromatic N) is 2. The second-order valence-corrected chi connectivity index (χ2v) is 11.2. The first kappa shape index (κ1) is 28.7. The molecule has 7 nitrogen and oxygen atoms in total. The highest BCUT2D eigenvalue weighted by Gasteiger charge is 2.33. The lowest BCUT2D eigenvalue weighted by molar-refractivity contribution is -0.127. The van der Waals surface area contributed by atoms with Crippen LogP contribution in [0.5, 0.6) is 5.75 Å². The second kappa shape index (κ2) is 13.7. The molecule has 2 fully saturated rings. The van der Waals surface area contributed by atoms with Crippen LogP contribution in [0.25, 0.3) is 0 Å². The van der Waals surface area contributed by atoms with E-state index in [1.807, 2.05) is 64.4 Å². The normalized spacial score (nSPS) is 19.4. The van der Waals surface area contributed by atoms with E-state index < -0.39 is 6.04 Å². The van der Waals surface area contributed by atoms with E-state index in [1.54, 1.807) is 7.11 Å². The summed E-state index contributed by atoms with van der Waals surface area (Å²) in [5.74, 6) is 0.743. The first-order valence-electron chi connectivity index (χ1n) is 14.8. The molecule has 3 amide bonds. The van der Waals surface area contributed by atoms with Gasteiger partial charge in [0.15, 0.2) is 0 Å². The van der Waals surface area contributed by atoms with Crippen molar-refractivity contribution in [2.24, 2.45) is 5.92 Å². The molecule has 41 heavy (non-hydrogen) atoms. The number of aliphatic hydroxyl groups is 1. The predicted octanol–water partition coefficient (Wildman–Crippen LogP) is 6.04. The highest BCUT2D eigenvalue weighted by atomic mass is 16.5. The van der Waals surface area contributed by atoms with Crippen molar-refractivity contribution in [1.82, 2.24) is 10.2 Å². The lowest BCUT2D eigenvalue weighted by Gasteiger charge is -2.32. The SMILES string of the molecule is COc1ccc(N(Cc2ccc([C@@H]3CCCCC3C(=O)NC(CO)c3ccccc3)cc2)C(=O)N2CCCC2)cc1. The van der Waals surface area contributed by atoms with Gasteiger partial charge < -0.3 is 20.1 Å². The Morgan fingerprint density at radius 1 is 0.927 bits per heavy atom. The zero-order chi connectivity index (χ0) is 28.6. The van der Waals surface area contributed by atoms with Crippen molar-refractivity contribution in [3.63, 3.8) is 0 Å². The average Bonchev–Trinajstić information content (AvgIpc) is 3.58. The maximum absolute atomic E-state index is 13.5. The van der Waals surface area contributed by atoms with Gasteiger partial charge in [0.1, 0.15) is 5.75 Å². The third-order valence-electron chi connectivity index (χ3n) is 8.54. The number of hydrogen-bond donors (Lipinski definition) is 2. The van der Waals surface area contributed by atoms with E-state index in [9.17, 15) is 14.7 Å². The van der Waals surface area contributed by atoms with Crippen molar-refractivity contribution in [3.05, 3.63) is 95.6 Å². The van der Waals surface area contributed by atoms with Gasteiger partial charge in [-0.2, -0.15) is 0 Å². The van der Waals surface area contributed by atoms with Gasteiger partial charge in [0.2, 0.25) is 5.91 Å². The number of hydrogen-bond acceptors (Lipinski definition) is 4. The lowest BCUT2D eigenvalue weighted by Crippen LogP contribution is -2.41. The number of methoxy groups -OCH3 is 1. The van der Waals surface area contributed by atoms with Crippen molar-refractivity contribution >= 4 is 17.6 Å². The zero-order valence-electron chi connectivity index (χ0n) is 23.9. The molecule has 2 unspecified atom stereocenters. The van der Waals surface area contributed by atoms with Crippen molar-refractivity contribution < 1.29 is 19.4 Å². The Bertz CT molecular complexity index is 1270. The van der Waals surface area contributed by atoms with E-state index in [1.165, 1.54) is 0 Å². The summed E-state index contributed by atoms with van der Waals surface area (Å²) in [6, 6.07) is 25.3. The maximum atomic E-state index is 13.5. The topological polar surface area (TPSA) is 82.1 Å². The summed E-state index contributed by atoms with van der Waals surface area (Å²) in [5.41, 5.74) is 3.94. The van der Waals surface area contributed by atoms with Crippen LogP contribution in [0.15, 0.2) is 78.9 Å². The number of amides is 3. The van der Waals surface area contributed by atoms with E-state index >= 15 is 0 Å². The van der Waals surface area contributed by atoms with Crippen LogP contribution in [-0.2, 0) is 11.3 Å². The predicted molar refractivity (Wildman–Crippen MR) is 161 cm³/mol. The Morgan fingerprint density at radius 3 is 2.27 bits per heavy atom. The number of benzene rings is 3. The Morgan fingerprint density at radius 2 is 1.61 bits per heavy atom. The molecule has 5 rings (SSSR count). The molecule has 1 aliphatic carbocycles. The van der Waals surface area contributed by atoms with Gasteiger partial charge >= 0.3 is 6.03 Å². The summed E-state index contributed by atoms with van der Waals surface area (Å²) in [6.07, 6.45) is 5.98. The number of carbonyl (C=O) groups excluding carboxylic acids is 2. The number of aliphatic hydroxyl groups excluding tert-OH is 1. The van der Waals surface area contributed by atoms with Gasteiger partial charge in [0, 0.05) is 24.7 Å². The summed E-state index contributed by atoms with van der Waals surface area (Å²) < 4.78 is 5.32. The fourth-order valence-corrected chi connectivity index (χ4v) is 6.21. The first-order chi connectivity index (χ1) is 20.1. The standard InChI is InChI=1S/C34H41N3O4/c1-41-29-19-17-28(18-20-29)37(34(40)36-21-7-8-22-36)23-25-13-15-26(16-14-25)30-11-5-6-12-31(30)33(39)35-32(24-38)27-9-3-2-4-10-27/h2-4,9-10,13-20,30-32,38H,5-8,11-12,21-24H2,1H3,(H,35,39)/t30-,31?,32?/m0/s1. The fraction of sp³-hybridized carbons (Fsp3) is 0.412. The number of anilines is 1. The van der Waals surface area contributed by atoms with Crippen LogP contribution in [0, 0.1) is 5.92 Å². The Kier molecular flexibility index (Phi) is 9.57. The number of ether oxygens (including phenoxy) is 1. The van der Waals surface area contributed by atoms with E-state index in [4.69, 9.17) is 4.74 Å². The molecule has 0 spiro atoms. The molecular weight excluding hydrogens is 514 g/mol. The minimum atomic E-state index is -0.411. The van der Waals surface area contributed by atoms with E-state index in [2.05, 4.69) is 29.6 Å². The number of rotatable bonds is 9. The molecule has 0 aromatic heterocycles. The third-order valence-corrected chi connectivity index (χ3v) is 8.54. The van der Waals surface area contributed by atoms with Crippen LogP contribution in [0.3, 0.4) is 0 Å². The average molecular weight is 556 g/mol. The summed E-state index contributed by atoms with van der Waals surface area (Å²) in [4.78, 5) is 30.7. The second-order valence-electron chi connectivity index (χ2n) is 11.2. The largest absolute Gasteiger partial charge is 0.497 e. The van der Waals surface area contributed by atoms with Gasteiger partial charge in [-0.3, -0.25) is 9.69 Å². The van der Waals surface area contributed by atoms with Crippen LogP contribution in [-0.4, -0.2) is 48.8 Å². The third kappa shape index (κ3) is 6.91. The highest BCUT2D eigenvalue weighted by Crippen LogP contribution is 2.38. The maximum Gasteiger partial charge on any atom is 0.324 e. The summed E-state index contributed by atoms with van der Waals surface area (Å²) in [5, 5.41) is 13.1. The van der Waals surface area contributed by atoms with Crippen LogP contribution >= 0.6 is 0 Å². The Balaban J connectivity index is 1.31. The quantitative estimate of drug-likeness (QED) is 0.337. The van der Waals surface area contributed by atoms with E-state index in [0.717, 1.165) is 79.7 Å². The van der Waals surface area contributed by atoms with Crippen molar-refractivity contribution in [2.45, 2.75) is 57.0 Å². The monoisotopic (exact) mass is 555 g/mol. The molecule has 1 aliphatic heterocycles. The molecule has 3 atom stereocenters. The molecular formula is C34H41N3O4. The van der Waals surface area contributed by atoms with Gasteiger partial charge in [0.05, 0.1) is 26.3 Å². The number of nitrogens with one attached hydrogen (secondary N) is 1. The molecule has 0 radical (unpaired) electrons. The minimum absolute atomic E-state index is 0.00331. The van der Waals surface area contributed by atoms with Gasteiger partial charge in [-0.25, -0.2) is 4.79 Å². The van der Waals surface area contributed by atoms with Gasteiger partial charge in [0.25, 0.3) is 0 Å². The van der Waals surface area contributed by atoms with Gasteiger partial charge in [-0.1, -0.05) is 67.4 Å². The lowest BCUT2D eigenvalue weighted by atomic mass is 9.74. The molecule has 2 N–H and O–H groups in total. The van der Waals surface area contributed by atoms with Crippen LogP contribution < -0.4 is 15.0 Å². The first-order valence-corrected chi connectivity index (χ1v) is 14.8. The van der Waals surface area contributed by atoms with Crippen molar-refractivity contribution in [2.75, 3.05) is 31.7 Å². The van der Waals surface area contributed by atoms with Crippen molar-refractivity contribution in [1.29, 1.82) is 0 Å². The van der Waals surface area contributed by atoms with E-state index in [0.29, 0.717) is 6.54 Å². The van der Waals surface area contributed by atoms with Crippen molar-refractivity contribution in [3.8, 4) is 5.75 Å². The van der Waals surface area contributed by atoms with Crippen LogP contribution in [0.1, 0.15) is 67.2 Å². The molecule has 1 heterocycles. The molecule has 2 aliphatic rings. The molecule has 1 saturated carbocycles. The van der Waals surface area contributed by atoms with Gasteiger partial charge in [-0.15, -0.1) is 0 Å². The number of likely N-dealkylation sites (tertiary alicyclic amines) is 1. The molecule has 0 bridgehead atoms. The smallest absolute Gasteiger partial charge is 0.324 e. The highest BCUT2D eigenvalue weighted by molar-refractivity contribution is 5.92. The zero-order valence-corrected chi connectivity index (χ0v) is 23.9. The molecule has 1 saturated heterocycles. The van der Waals surface area contributed by atoms with Crippen LogP contribution in [0.4, 0.5) is 10.5 Å². The fourth-order valence-electron chi connectivity index (χ4n) is 6.21. The number of urea groups is 1. The Hall–Kier alpha value is -3.84. The summed E-state index contributed by atoms with van der Waals surface area (Å²) >= 11 is 0. The Labute approximate surface area is 243 Å². The summed E-state index contributed by atoms with van der Waals surface area (Å²) in [7, 11) is 1.64. The minimum Gasteiger partial charge on any atom is -0.497 e. The van der Waals surface area contributed by atoms with Crippen LogP contribution in [0.2, 0.25) is 0 Å². The molecule has 3 aromatic carbocycles. The molecule has 3 aromatic rings. The molecule has 7 heteroatoms. The van der Waals surface area contributed by atoms with E-state index in [-0.39, 0.29) is 30.4 Å².